The molecular weight excluding hydrogens is 260 g/mol. The Balaban J connectivity index is 2.14. The number of ether oxygens (including phenoxy) is 1. The second-order valence-electron chi connectivity index (χ2n) is 3.83. The number of rotatable bonds is 4. The van der Waals surface area contributed by atoms with Crippen LogP contribution in [0.3, 0.4) is 0 Å². The quantitative estimate of drug-likeness (QED) is 0.666. The highest BCUT2D eigenvalue weighted by molar-refractivity contribution is 5.99. The van der Waals surface area contributed by atoms with E-state index >= 15 is 0 Å². The van der Waals surface area contributed by atoms with Crippen molar-refractivity contribution in [3.05, 3.63) is 36.2 Å². The van der Waals surface area contributed by atoms with E-state index in [-0.39, 0.29) is 0 Å². The van der Waals surface area contributed by atoms with Gasteiger partial charge in [-0.05, 0) is 42.0 Å². The second-order valence-corrected chi connectivity index (χ2v) is 3.83. The molecule has 0 atom stereocenters. The Bertz CT molecular complexity index is 608. The van der Waals surface area contributed by atoms with Crippen LogP contribution in [0.2, 0.25) is 0 Å². The lowest BCUT2D eigenvalue weighted by molar-refractivity contribution is 0.152. The molecule has 0 radical (unpaired) electrons. The number of aromatic nitrogens is 4. The van der Waals surface area contributed by atoms with E-state index in [2.05, 4.69) is 26.1 Å². The Morgan fingerprint density at radius 1 is 1.50 bits per heavy atom. The van der Waals surface area contributed by atoms with Crippen molar-refractivity contribution in [1.82, 2.24) is 25.6 Å². The van der Waals surface area contributed by atoms with Crippen molar-refractivity contribution in [2.45, 2.75) is 13.8 Å². The highest BCUT2D eigenvalue weighted by Gasteiger charge is 2.03. The molecule has 0 aliphatic carbocycles. The number of tetrazole rings is 1. The van der Waals surface area contributed by atoms with Gasteiger partial charge in [-0.1, -0.05) is 12.1 Å². The first-order chi connectivity index (χ1) is 9.70. The Hall–Kier alpha value is -2.77. The second kappa shape index (κ2) is 6.41. The molecule has 1 aromatic carbocycles. The minimum Gasteiger partial charge on any atom is -0.449 e. The number of amides is 1. The van der Waals surface area contributed by atoms with Crippen LogP contribution in [0.25, 0.3) is 5.69 Å². The normalized spacial score (nSPS) is 11.2. The molecule has 1 heterocycles. The van der Waals surface area contributed by atoms with Crippen LogP contribution in [-0.4, -0.2) is 38.6 Å². The Labute approximate surface area is 115 Å². The molecule has 0 aliphatic heterocycles. The van der Waals surface area contributed by atoms with Gasteiger partial charge in [0.15, 0.2) is 0 Å². The van der Waals surface area contributed by atoms with E-state index in [1.807, 2.05) is 24.3 Å². The summed E-state index contributed by atoms with van der Waals surface area (Å²) in [6, 6.07) is 7.46. The number of nitrogens with one attached hydrogen (secondary N) is 1. The summed E-state index contributed by atoms with van der Waals surface area (Å²) >= 11 is 0. The van der Waals surface area contributed by atoms with Crippen molar-refractivity contribution in [3.8, 4) is 5.69 Å². The maximum absolute atomic E-state index is 11.2. The van der Waals surface area contributed by atoms with E-state index in [4.69, 9.17) is 4.74 Å². The summed E-state index contributed by atoms with van der Waals surface area (Å²) in [4.78, 5) is 11.2. The average Bonchev–Trinajstić information content (AvgIpc) is 2.99. The van der Waals surface area contributed by atoms with Crippen LogP contribution < -0.4 is 5.43 Å². The van der Waals surface area contributed by atoms with Gasteiger partial charge < -0.3 is 4.74 Å². The summed E-state index contributed by atoms with van der Waals surface area (Å²) < 4.78 is 6.26. The average molecular weight is 274 g/mol. The fourth-order valence-corrected chi connectivity index (χ4v) is 1.51. The molecule has 0 fully saturated rings. The zero-order valence-corrected chi connectivity index (χ0v) is 11.1. The number of hydrazone groups is 1. The number of hydrogen-bond donors (Lipinski definition) is 1. The van der Waals surface area contributed by atoms with Crippen molar-refractivity contribution >= 4 is 11.8 Å². The van der Waals surface area contributed by atoms with Crippen LogP contribution in [0.4, 0.5) is 4.79 Å². The van der Waals surface area contributed by atoms with Gasteiger partial charge in [0.1, 0.15) is 6.33 Å². The molecule has 2 rings (SSSR count). The number of nitrogens with zero attached hydrogens (tertiary/aromatic N) is 5. The van der Waals surface area contributed by atoms with Crippen LogP contribution in [0.5, 0.6) is 0 Å². The fourth-order valence-electron chi connectivity index (χ4n) is 1.51. The van der Waals surface area contributed by atoms with Crippen LogP contribution in [0.15, 0.2) is 35.7 Å². The maximum atomic E-state index is 11.2. The number of carbonyl (C=O) groups excluding carboxylic acids is 1. The standard InChI is InChI=1S/C12H14N6O2/c1-3-20-12(19)15-14-9(2)10-5-4-6-11(7-10)18-8-13-16-17-18/h4-8H,3H2,1-2H3,(H,15,19). The van der Waals surface area contributed by atoms with E-state index in [0.29, 0.717) is 12.3 Å². The fraction of sp³-hybridized carbons (Fsp3) is 0.250. The summed E-state index contributed by atoms with van der Waals surface area (Å²) in [6.45, 7) is 3.81. The molecule has 0 bridgehead atoms. The van der Waals surface area contributed by atoms with Gasteiger partial charge in [0.25, 0.3) is 0 Å². The molecule has 104 valence electrons. The molecular formula is C12H14N6O2. The first-order valence-electron chi connectivity index (χ1n) is 6.01. The van der Waals surface area contributed by atoms with Crippen molar-refractivity contribution in [1.29, 1.82) is 0 Å². The number of carbonyl (C=O) groups is 1. The molecule has 0 aliphatic rings. The summed E-state index contributed by atoms with van der Waals surface area (Å²) in [6.07, 6.45) is 0.922. The summed E-state index contributed by atoms with van der Waals surface area (Å²) in [5.74, 6) is 0. The molecule has 0 saturated heterocycles. The number of hydrogen-bond acceptors (Lipinski definition) is 6. The van der Waals surface area contributed by atoms with Gasteiger partial charge in [0.2, 0.25) is 0 Å². The van der Waals surface area contributed by atoms with Crippen molar-refractivity contribution in [3.63, 3.8) is 0 Å². The highest BCUT2D eigenvalue weighted by Crippen LogP contribution is 2.09. The Kier molecular flexibility index (Phi) is 4.38. The first-order valence-corrected chi connectivity index (χ1v) is 6.01. The van der Waals surface area contributed by atoms with Crippen molar-refractivity contribution < 1.29 is 9.53 Å². The predicted molar refractivity (Wildman–Crippen MR) is 71.5 cm³/mol. The van der Waals surface area contributed by atoms with E-state index in [0.717, 1.165) is 11.3 Å². The number of benzene rings is 1. The van der Waals surface area contributed by atoms with E-state index < -0.39 is 6.09 Å². The lowest BCUT2D eigenvalue weighted by Gasteiger charge is -2.05. The summed E-state index contributed by atoms with van der Waals surface area (Å²) in [5, 5.41) is 14.9. The SMILES string of the molecule is CCOC(=O)NN=C(C)c1cccc(-n2cnnn2)c1. The molecule has 0 saturated carbocycles. The van der Waals surface area contributed by atoms with Gasteiger partial charge >= 0.3 is 6.09 Å². The molecule has 8 heteroatoms. The molecule has 0 spiro atoms. The zero-order valence-electron chi connectivity index (χ0n) is 11.1. The molecule has 8 nitrogen and oxygen atoms in total. The minimum atomic E-state index is -0.580. The smallest absolute Gasteiger partial charge is 0.427 e. The molecule has 1 N–H and O–H groups in total. The third kappa shape index (κ3) is 3.37. The molecule has 0 unspecified atom stereocenters. The van der Waals surface area contributed by atoms with Crippen molar-refractivity contribution in [2.24, 2.45) is 5.10 Å². The molecule has 1 aromatic heterocycles. The Morgan fingerprint density at radius 3 is 3.05 bits per heavy atom. The monoisotopic (exact) mass is 274 g/mol. The lowest BCUT2D eigenvalue weighted by atomic mass is 10.1. The largest absolute Gasteiger partial charge is 0.449 e. The van der Waals surface area contributed by atoms with Gasteiger partial charge in [0, 0.05) is 0 Å². The van der Waals surface area contributed by atoms with E-state index in [1.165, 1.54) is 11.0 Å². The first kappa shape index (κ1) is 13.7. The molecule has 2 aromatic rings. The van der Waals surface area contributed by atoms with Crippen molar-refractivity contribution in [2.75, 3.05) is 6.61 Å². The van der Waals surface area contributed by atoms with E-state index in [9.17, 15) is 4.79 Å². The van der Waals surface area contributed by atoms with Gasteiger partial charge in [-0.2, -0.15) is 5.10 Å². The van der Waals surface area contributed by atoms with Gasteiger partial charge in [-0.3, -0.25) is 0 Å². The third-order valence-corrected chi connectivity index (χ3v) is 2.47. The predicted octanol–water partition coefficient (Wildman–Crippen LogP) is 1.13. The third-order valence-electron chi connectivity index (χ3n) is 2.47. The highest BCUT2D eigenvalue weighted by atomic mass is 16.5. The van der Waals surface area contributed by atoms with Crippen LogP contribution in [0.1, 0.15) is 19.4 Å². The lowest BCUT2D eigenvalue weighted by Crippen LogP contribution is -2.20. The van der Waals surface area contributed by atoms with Crippen LogP contribution in [0, 0.1) is 0 Å². The molecule has 20 heavy (non-hydrogen) atoms. The van der Waals surface area contributed by atoms with Crippen LogP contribution in [-0.2, 0) is 4.74 Å². The van der Waals surface area contributed by atoms with Gasteiger partial charge in [-0.15, -0.1) is 5.10 Å². The van der Waals surface area contributed by atoms with Gasteiger partial charge in [0.05, 0.1) is 18.0 Å². The Morgan fingerprint density at radius 2 is 2.35 bits per heavy atom. The zero-order chi connectivity index (χ0) is 14.4. The summed E-state index contributed by atoms with van der Waals surface area (Å²) in [7, 11) is 0. The maximum Gasteiger partial charge on any atom is 0.427 e. The topological polar surface area (TPSA) is 94.3 Å². The molecule has 1 amide bonds. The summed E-state index contributed by atoms with van der Waals surface area (Å²) in [5.41, 5.74) is 4.61. The van der Waals surface area contributed by atoms with E-state index in [1.54, 1.807) is 13.8 Å². The van der Waals surface area contributed by atoms with Crippen LogP contribution >= 0.6 is 0 Å². The van der Waals surface area contributed by atoms with Gasteiger partial charge in [-0.25, -0.2) is 14.9 Å². The minimum absolute atomic E-state index is 0.301.